The lowest BCUT2D eigenvalue weighted by Crippen LogP contribution is -2.19. The number of phenolic OH excluding ortho intramolecular Hbond substituents is 1. The molecule has 0 fully saturated rings. The fourth-order valence-electron chi connectivity index (χ4n) is 1.93. The summed E-state index contributed by atoms with van der Waals surface area (Å²) in [6.07, 6.45) is 0.207. The number of benzene rings is 2. The quantitative estimate of drug-likeness (QED) is 0.401. The summed E-state index contributed by atoms with van der Waals surface area (Å²) in [5.74, 6) is -0.473. The van der Waals surface area contributed by atoms with Crippen molar-refractivity contribution in [3.8, 4) is 5.75 Å². The minimum Gasteiger partial charge on any atom is -0.506 e. The maximum atomic E-state index is 11.9. The maximum absolute atomic E-state index is 11.9. The molecule has 0 saturated heterocycles. The monoisotopic (exact) mass is 455 g/mol. The molecule has 0 bridgehead atoms. The zero-order valence-electron chi connectivity index (χ0n) is 12.8. The molecule has 0 aromatic heterocycles. The van der Waals surface area contributed by atoms with E-state index in [4.69, 9.17) is 9.57 Å². The van der Waals surface area contributed by atoms with Crippen LogP contribution in [-0.2, 0) is 27.4 Å². The van der Waals surface area contributed by atoms with Crippen LogP contribution < -0.4 is 0 Å². The van der Waals surface area contributed by atoms with Crippen molar-refractivity contribution in [1.82, 2.24) is 0 Å². The first-order chi connectivity index (χ1) is 11.5. The van der Waals surface area contributed by atoms with E-state index in [-0.39, 0.29) is 24.5 Å². The number of esters is 1. The minimum atomic E-state index is -0.566. The molecule has 0 saturated carbocycles. The summed E-state index contributed by atoms with van der Waals surface area (Å²) in [6, 6.07) is 12.9. The molecule has 0 heterocycles. The van der Waals surface area contributed by atoms with Crippen molar-refractivity contribution in [1.29, 1.82) is 0 Å². The molecule has 7 heteroatoms. The van der Waals surface area contributed by atoms with Gasteiger partial charge in [-0.2, -0.15) is 0 Å². The molecule has 2 aromatic rings. The van der Waals surface area contributed by atoms with Crippen LogP contribution in [0.5, 0.6) is 5.75 Å². The first-order valence-electron chi connectivity index (χ1n) is 6.99. The Bertz CT molecular complexity index is 725. The zero-order chi connectivity index (χ0) is 17.5. The highest BCUT2D eigenvalue weighted by atomic mass is 79.9. The number of carbonyl (C=O) groups is 1. The second kappa shape index (κ2) is 8.84. The lowest BCUT2D eigenvalue weighted by Gasteiger charge is -2.08. The van der Waals surface area contributed by atoms with Crippen molar-refractivity contribution in [2.45, 2.75) is 13.0 Å². The Kier molecular flexibility index (Phi) is 6.81. The SMILES string of the molecule is COC(=O)C(Cc1cc(Br)c(O)c(Br)c1)=NOCc1ccccc1. The molecule has 0 atom stereocenters. The van der Waals surface area contributed by atoms with Gasteiger partial charge in [0.2, 0.25) is 0 Å². The van der Waals surface area contributed by atoms with Gasteiger partial charge in [0, 0.05) is 6.42 Å². The Hall–Kier alpha value is -1.86. The van der Waals surface area contributed by atoms with E-state index >= 15 is 0 Å². The van der Waals surface area contributed by atoms with Gasteiger partial charge in [-0.1, -0.05) is 35.5 Å². The largest absolute Gasteiger partial charge is 0.506 e. The second-order valence-electron chi connectivity index (χ2n) is 4.87. The number of phenols is 1. The van der Waals surface area contributed by atoms with Crippen molar-refractivity contribution in [2.24, 2.45) is 5.16 Å². The van der Waals surface area contributed by atoms with Crippen LogP contribution >= 0.6 is 31.9 Å². The number of methoxy groups -OCH3 is 1. The molecule has 2 aromatic carbocycles. The molecule has 5 nitrogen and oxygen atoms in total. The molecule has 2 rings (SSSR count). The molecular weight excluding hydrogens is 442 g/mol. The maximum Gasteiger partial charge on any atom is 0.356 e. The number of halogens is 2. The summed E-state index contributed by atoms with van der Waals surface area (Å²) in [7, 11) is 1.29. The van der Waals surface area contributed by atoms with Gasteiger partial charge in [-0.05, 0) is 55.1 Å². The first kappa shape index (κ1) is 18.5. The van der Waals surface area contributed by atoms with Gasteiger partial charge in [0.25, 0.3) is 0 Å². The predicted octanol–water partition coefficient (Wildman–Crippen LogP) is 4.21. The van der Waals surface area contributed by atoms with Gasteiger partial charge in [-0.15, -0.1) is 0 Å². The molecule has 0 spiro atoms. The van der Waals surface area contributed by atoms with Crippen LogP contribution in [0.2, 0.25) is 0 Å². The van der Waals surface area contributed by atoms with Crippen molar-refractivity contribution in [2.75, 3.05) is 7.11 Å². The summed E-state index contributed by atoms with van der Waals surface area (Å²) in [6.45, 7) is 0.254. The Labute approximate surface area is 156 Å². The van der Waals surface area contributed by atoms with E-state index in [0.29, 0.717) is 8.95 Å². The highest BCUT2D eigenvalue weighted by molar-refractivity contribution is 9.11. The van der Waals surface area contributed by atoms with E-state index in [1.54, 1.807) is 12.1 Å². The molecule has 0 aliphatic rings. The first-order valence-corrected chi connectivity index (χ1v) is 8.57. The number of aromatic hydroxyl groups is 1. The molecule has 0 aliphatic carbocycles. The van der Waals surface area contributed by atoms with Crippen molar-refractivity contribution in [3.05, 3.63) is 62.5 Å². The smallest absolute Gasteiger partial charge is 0.356 e. The summed E-state index contributed by atoms with van der Waals surface area (Å²) >= 11 is 6.51. The van der Waals surface area contributed by atoms with Gasteiger partial charge in [-0.3, -0.25) is 0 Å². The number of nitrogens with zero attached hydrogens (tertiary/aromatic N) is 1. The van der Waals surface area contributed by atoms with Crippen molar-refractivity contribution >= 4 is 43.5 Å². The fourth-order valence-corrected chi connectivity index (χ4v) is 3.21. The van der Waals surface area contributed by atoms with E-state index in [1.165, 1.54) is 7.11 Å². The molecule has 24 heavy (non-hydrogen) atoms. The van der Waals surface area contributed by atoms with E-state index in [2.05, 4.69) is 37.0 Å². The summed E-state index contributed by atoms with van der Waals surface area (Å²) in [4.78, 5) is 17.2. The Morgan fingerprint density at radius 2 is 1.75 bits per heavy atom. The average Bonchev–Trinajstić information content (AvgIpc) is 2.59. The Balaban J connectivity index is 2.13. The van der Waals surface area contributed by atoms with Crippen LogP contribution in [0.15, 0.2) is 56.6 Å². The third-order valence-corrected chi connectivity index (χ3v) is 4.33. The zero-order valence-corrected chi connectivity index (χ0v) is 16.0. The van der Waals surface area contributed by atoms with Crippen LogP contribution in [0, 0.1) is 0 Å². The molecule has 0 amide bonds. The van der Waals surface area contributed by atoms with Crippen molar-refractivity contribution in [3.63, 3.8) is 0 Å². The van der Waals surface area contributed by atoms with Crippen LogP contribution in [0.3, 0.4) is 0 Å². The Morgan fingerprint density at radius 3 is 2.33 bits per heavy atom. The highest BCUT2D eigenvalue weighted by Crippen LogP contribution is 2.33. The number of oxime groups is 1. The Morgan fingerprint density at radius 1 is 1.12 bits per heavy atom. The molecule has 126 valence electrons. The van der Waals surface area contributed by atoms with Crippen LogP contribution in [0.1, 0.15) is 11.1 Å². The molecule has 0 aliphatic heterocycles. The third-order valence-electron chi connectivity index (χ3n) is 3.12. The lowest BCUT2D eigenvalue weighted by molar-refractivity contribution is -0.133. The topological polar surface area (TPSA) is 68.1 Å². The molecule has 0 radical (unpaired) electrons. The van der Waals surface area contributed by atoms with Gasteiger partial charge in [0.1, 0.15) is 12.4 Å². The number of ether oxygens (including phenoxy) is 1. The summed E-state index contributed by atoms with van der Waals surface area (Å²) in [5, 5.41) is 13.7. The van der Waals surface area contributed by atoms with Crippen LogP contribution in [0.4, 0.5) is 0 Å². The minimum absolute atomic E-state index is 0.0932. The third kappa shape index (κ3) is 5.07. The van der Waals surface area contributed by atoms with Gasteiger partial charge >= 0.3 is 5.97 Å². The second-order valence-corrected chi connectivity index (χ2v) is 6.58. The molecule has 0 unspecified atom stereocenters. The van der Waals surface area contributed by atoms with E-state index in [0.717, 1.165) is 11.1 Å². The summed E-state index contributed by atoms with van der Waals surface area (Å²) < 4.78 is 5.78. The lowest BCUT2D eigenvalue weighted by atomic mass is 10.1. The number of hydrogen-bond donors (Lipinski definition) is 1. The van der Waals surface area contributed by atoms with E-state index < -0.39 is 5.97 Å². The van der Waals surface area contributed by atoms with Crippen LogP contribution in [-0.4, -0.2) is 23.9 Å². The molecule has 1 N–H and O–H groups in total. The standard InChI is InChI=1S/C17H15Br2NO4/c1-23-17(22)15(20-24-10-11-5-3-2-4-6-11)9-12-7-13(18)16(21)14(19)8-12/h2-8,21H,9-10H2,1H3. The van der Waals surface area contributed by atoms with Gasteiger partial charge in [-0.25, -0.2) is 4.79 Å². The van der Waals surface area contributed by atoms with Gasteiger partial charge in [0.15, 0.2) is 5.71 Å². The van der Waals surface area contributed by atoms with Gasteiger partial charge < -0.3 is 14.7 Å². The number of carbonyl (C=O) groups excluding carboxylic acids is 1. The number of rotatable bonds is 6. The summed E-state index contributed by atoms with van der Waals surface area (Å²) in [5.41, 5.74) is 1.84. The van der Waals surface area contributed by atoms with Crippen molar-refractivity contribution < 1.29 is 19.5 Å². The fraction of sp³-hybridized carbons (Fsp3) is 0.176. The molecular formula is C17H15Br2NO4. The average molecular weight is 457 g/mol. The van der Waals surface area contributed by atoms with E-state index in [1.807, 2.05) is 30.3 Å². The number of hydrogen-bond acceptors (Lipinski definition) is 5. The van der Waals surface area contributed by atoms with E-state index in [9.17, 15) is 9.90 Å². The predicted molar refractivity (Wildman–Crippen MR) is 97.9 cm³/mol. The highest BCUT2D eigenvalue weighted by Gasteiger charge is 2.16. The van der Waals surface area contributed by atoms with Gasteiger partial charge in [0.05, 0.1) is 16.1 Å². The normalized spacial score (nSPS) is 11.2. The van der Waals surface area contributed by atoms with Crippen LogP contribution in [0.25, 0.3) is 0 Å².